The van der Waals surface area contributed by atoms with Gasteiger partial charge in [-0.3, -0.25) is 4.79 Å². The molecule has 2 aromatic rings. The number of aromatic nitrogens is 1. The summed E-state index contributed by atoms with van der Waals surface area (Å²) < 4.78 is 0. The highest BCUT2D eigenvalue weighted by Crippen LogP contribution is 2.23. The molecule has 3 heteroatoms. The molecule has 1 amide bonds. The molecule has 0 saturated heterocycles. The first-order chi connectivity index (χ1) is 8.47. The van der Waals surface area contributed by atoms with Crippen LogP contribution in [-0.2, 0) is 5.41 Å². The summed E-state index contributed by atoms with van der Waals surface area (Å²) in [5.41, 5.74) is 2.83. The van der Waals surface area contributed by atoms with E-state index in [9.17, 15) is 4.79 Å². The smallest absolute Gasteiger partial charge is 0.257 e. The van der Waals surface area contributed by atoms with Crippen molar-refractivity contribution < 1.29 is 4.79 Å². The third-order valence-corrected chi connectivity index (χ3v) is 2.87. The number of nitrogens with one attached hydrogen (secondary N) is 2. The number of H-pyrrole nitrogens is 1. The molecular weight excluding hydrogens is 224 g/mol. The van der Waals surface area contributed by atoms with E-state index in [1.54, 1.807) is 18.5 Å². The van der Waals surface area contributed by atoms with Gasteiger partial charge in [0.05, 0.1) is 5.56 Å². The fourth-order valence-corrected chi connectivity index (χ4v) is 1.72. The van der Waals surface area contributed by atoms with Gasteiger partial charge in [0, 0.05) is 18.1 Å². The molecule has 0 radical (unpaired) electrons. The Morgan fingerprint density at radius 3 is 2.28 bits per heavy atom. The number of rotatable bonds is 2. The molecule has 0 bridgehead atoms. The molecule has 0 atom stereocenters. The van der Waals surface area contributed by atoms with E-state index in [1.807, 2.05) is 24.3 Å². The highest BCUT2D eigenvalue weighted by Gasteiger charge is 2.13. The maximum atomic E-state index is 11.8. The Bertz CT molecular complexity index is 519. The number of aromatic amines is 1. The molecule has 2 rings (SSSR count). The summed E-state index contributed by atoms with van der Waals surface area (Å²) in [5, 5.41) is 2.86. The minimum Gasteiger partial charge on any atom is -0.367 e. The van der Waals surface area contributed by atoms with Crippen LogP contribution in [0.15, 0.2) is 42.7 Å². The third-order valence-electron chi connectivity index (χ3n) is 2.87. The first-order valence-corrected chi connectivity index (χ1v) is 6.01. The highest BCUT2D eigenvalue weighted by molar-refractivity contribution is 6.04. The molecule has 0 aliphatic heterocycles. The molecular formula is C15H18N2O. The Morgan fingerprint density at radius 1 is 1.11 bits per heavy atom. The number of anilines is 1. The van der Waals surface area contributed by atoms with E-state index < -0.39 is 0 Å². The maximum Gasteiger partial charge on any atom is 0.257 e. The molecule has 0 unspecified atom stereocenters. The molecule has 1 aromatic heterocycles. The average molecular weight is 242 g/mol. The van der Waals surface area contributed by atoms with Gasteiger partial charge in [0.2, 0.25) is 0 Å². The molecule has 0 saturated carbocycles. The predicted molar refractivity (Wildman–Crippen MR) is 73.9 cm³/mol. The molecule has 1 aromatic carbocycles. The maximum absolute atomic E-state index is 11.8. The van der Waals surface area contributed by atoms with Gasteiger partial charge in [0.1, 0.15) is 0 Å². The van der Waals surface area contributed by atoms with Gasteiger partial charge >= 0.3 is 0 Å². The minimum atomic E-state index is -0.0974. The van der Waals surface area contributed by atoms with E-state index in [0.717, 1.165) is 5.69 Å². The van der Waals surface area contributed by atoms with E-state index >= 15 is 0 Å². The van der Waals surface area contributed by atoms with E-state index in [4.69, 9.17) is 0 Å². The number of carbonyl (C=O) groups is 1. The average Bonchev–Trinajstić information content (AvgIpc) is 2.82. The number of carbonyl (C=O) groups excluding carboxylic acids is 1. The summed E-state index contributed by atoms with van der Waals surface area (Å²) in [7, 11) is 0. The van der Waals surface area contributed by atoms with Crippen molar-refractivity contribution in [3.63, 3.8) is 0 Å². The van der Waals surface area contributed by atoms with Crippen molar-refractivity contribution in [3.8, 4) is 0 Å². The molecule has 2 N–H and O–H groups in total. The lowest BCUT2D eigenvalue weighted by Crippen LogP contribution is -2.13. The van der Waals surface area contributed by atoms with Crippen LogP contribution in [0.25, 0.3) is 0 Å². The van der Waals surface area contributed by atoms with Crippen LogP contribution >= 0.6 is 0 Å². The summed E-state index contributed by atoms with van der Waals surface area (Å²) >= 11 is 0. The Kier molecular flexibility index (Phi) is 3.24. The molecule has 0 spiro atoms. The molecule has 0 aliphatic rings. The lowest BCUT2D eigenvalue weighted by atomic mass is 9.87. The van der Waals surface area contributed by atoms with Gasteiger partial charge in [0.25, 0.3) is 5.91 Å². The summed E-state index contributed by atoms with van der Waals surface area (Å²) in [6.45, 7) is 6.50. The molecule has 3 nitrogen and oxygen atoms in total. The van der Waals surface area contributed by atoms with E-state index in [1.165, 1.54) is 5.56 Å². The zero-order valence-corrected chi connectivity index (χ0v) is 10.9. The van der Waals surface area contributed by atoms with Crippen molar-refractivity contribution in [2.45, 2.75) is 26.2 Å². The van der Waals surface area contributed by atoms with Crippen molar-refractivity contribution in [1.29, 1.82) is 0 Å². The Hall–Kier alpha value is -2.03. The highest BCUT2D eigenvalue weighted by atomic mass is 16.1. The Labute approximate surface area is 107 Å². The zero-order valence-electron chi connectivity index (χ0n) is 10.9. The van der Waals surface area contributed by atoms with Crippen LogP contribution in [0.5, 0.6) is 0 Å². The fraction of sp³-hybridized carbons (Fsp3) is 0.267. The molecule has 0 fully saturated rings. The first-order valence-electron chi connectivity index (χ1n) is 6.01. The van der Waals surface area contributed by atoms with Crippen LogP contribution in [0.2, 0.25) is 0 Å². The molecule has 1 heterocycles. The van der Waals surface area contributed by atoms with Crippen LogP contribution in [0.1, 0.15) is 36.7 Å². The Morgan fingerprint density at radius 2 is 1.78 bits per heavy atom. The second kappa shape index (κ2) is 4.69. The van der Waals surface area contributed by atoms with Crippen molar-refractivity contribution in [2.75, 3.05) is 5.32 Å². The minimum absolute atomic E-state index is 0.0974. The van der Waals surface area contributed by atoms with Crippen molar-refractivity contribution >= 4 is 11.6 Å². The van der Waals surface area contributed by atoms with Gasteiger partial charge in [0.15, 0.2) is 0 Å². The van der Waals surface area contributed by atoms with E-state index in [0.29, 0.717) is 5.56 Å². The van der Waals surface area contributed by atoms with Crippen LogP contribution in [0, 0.1) is 0 Å². The Balaban J connectivity index is 2.09. The summed E-state index contributed by atoms with van der Waals surface area (Å²) in [6, 6.07) is 9.72. The van der Waals surface area contributed by atoms with Gasteiger partial charge in [-0.1, -0.05) is 32.9 Å². The van der Waals surface area contributed by atoms with Crippen LogP contribution in [-0.4, -0.2) is 10.9 Å². The quantitative estimate of drug-likeness (QED) is 0.830. The van der Waals surface area contributed by atoms with Crippen molar-refractivity contribution in [3.05, 3.63) is 53.9 Å². The molecule has 18 heavy (non-hydrogen) atoms. The van der Waals surface area contributed by atoms with Crippen LogP contribution in [0.4, 0.5) is 5.69 Å². The van der Waals surface area contributed by atoms with Gasteiger partial charge in [-0.05, 0) is 29.2 Å². The topological polar surface area (TPSA) is 44.9 Å². The van der Waals surface area contributed by atoms with Gasteiger partial charge in [-0.25, -0.2) is 0 Å². The molecule has 0 aliphatic carbocycles. The van der Waals surface area contributed by atoms with Crippen molar-refractivity contribution in [1.82, 2.24) is 4.98 Å². The van der Waals surface area contributed by atoms with Gasteiger partial charge in [-0.2, -0.15) is 0 Å². The summed E-state index contributed by atoms with van der Waals surface area (Å²) in [4.78, 5) is 14.7. The standard InChI is InChI=1S/C15H18N2O/c1-15(2,3)12-4-6-13(7-5-12)17-14(18)11-8-9-16-10-11/h4-10,16H,1-3H3,(H,17,18). The van der Waals surface area contributed by atoms with E-state index in [-0.39, 0.29) is 11.3 Å². The number of hydrogen-bond acceptors (Lipinski definition) is 1. The van der Waals surface area contributed by atoms with Crippen molar-refractivity contribution in [2.24, 2.45) is 0 Å². The predicted octanol–water partition coefficient (Wildman–Crippen LogP) is 3.56. The number of hydrogen-bond donors (Lipinski definition) is 2. The largest absolute Gasteiger partial charge is 0.367 e. The second-order valence-electron chi connectivity index (χ2n) is 5.38. The second-order valence-corrected chi connectivity index (χ2v) is 5.38. The number of amides is 1. The van der Waals surface area contributed by atoms with Crippen LogP contribution in [0.3, 0.4) is 0 Å². The van der Waals surface area contributed by atoms with Gasteiger partial charge < -0.3 is 10.3 Å². The molecule has 94 valence electrons. The van der Waals surface area contributed by atoms with Gasteiger partial charge in [-0.15, -0.1) is 0 Å². The summed E-state index contributed by atoms with van der Waals surface area (Å²) in [6.07, 6.45) is 3.41. The monoisotopic (exact) mass is 242 g/mol. The SMILES string of the molecule is CC(C)(C)c1ccc(NC(=O)c2cc[nH]c2)cc1. The number of benzene rings is 1. The van der Waals surface area contributed by atoms with Crippen LogP contribution < -0.4 is 5.32 Å². The summed E-state index contributed by atoms with van der Waals surface area (Å²) in [5.74, 6) is -0.0974. The zero-order chi connectivity index (χ0) is 13.2. The third kappa shape index (κ3) is 2.80. The fourth-order valence-electron chi connectivity index (χ4n) is 1.72. The lowest BCUT2D eigenvalue weighted by Gasteiger charge is -2.19. The van der Waals surface area contributed by atoms with E-state index in [2.05, 4.69) is 31.1 Å². The first kappa shape index (κ1) is 12.4. The normalized spacial score (nSPS) is 11.3. The lowest BCUT2D eigenvalue weighted by molar-refractivity contribution is 0.102.